The topological polar surface area (TPSA) is 89.6 Å². The van der Waals surface area contributed by atoms with Crippen molar-refractivity contribution < 1.29 is 19.4 Å². The number of ether oxygens (including phenoxy) is 1. The molecular formula is C18H17NO4. The summed E-state index contributed by atoms with van der Waals surface area (Å²) in [7, 11) is 0. The molecule has 0 radical (unpaired) electrons. The van der Waals surface area contributed by atoms with Crippen molar-refractivity contribution in [2.75, 3.05) is 6.61 Å². The lowest BCUT2D eigenvalue weighted by Crippen LogP contribution is -2.35. The monoisotopic (exact) mass is 311 g/mol. The largest absolute Gasteiger partial charge is 0.481 e. The van der Waals surface area contributed by atoms with Crippen molar-refractivity contribution in [1.29, 1.82) is 0 Å². The zero-order chi connectivity index (χ0) is 16.4. The third kappa shape index (κ3) is 2.96. The lowest BCUT2D eigenvalue weighted by molar-refractivity contribution is -0.149. The van der Waals surface area contributed by atoms with Crippen molar-refractivity contribution in [2.24, 2.45) is 5.73 Å². The molecule has 1 aliphatic rings. The summed E-state index contributed by atoms with van der Waals surface area (Å²) in [6.45, 7) is 0.153. The highest BCUT2D eigenvalue weighted by Gasteiger charge is 2.29. The van der Waals surface area contributed by atoms with Crippen molar-refractivity contribution in [3.05, 3.63) is 59.7 Å². The van der Waals surface area contributed by atoms with Gasteiger partial charge in [-0.2, -0.15) is 0 Å². The number of aliphatic carboxylic acids is 1. The Morgan fingerprint density at radius 1 is 1.04 bits per heavy atom. The molecule has 2 aromatic carbocycles. The van der Waals surface area contributed by atoms with Crippen molar-refractivity contribution in [3.63, 3.8) is 0 Å². The highest BCUT2D eigenvalue weighted by Crippen LogP contribution is 2.44. The first-order valence-electron chi connectivity index (χ1n) is 7.40. The van der Waals surface area contributed by atoms with E-state index in [0.29, 0.717) is 0 Å². The number of rotatable bonds is 5. The lowest BCUT2D eigenvalue weighted by Gasteiger charge is -2.16. The van der Waals surface area contributed by atoms with Gasteiger partial charge in [-0.25, -0.2) is 0 Å². The van der Waals surface area contributed by atoms with Crippen molar-refractivity contribution in [1.82, 2.24) is 0 Å². The van der Waals surface area contributed by atoms with Gasteiger partial charge < -0.3 is 15.6 Å². The van der Waals surface area contributed by atoms with Crippen molar-refractivity contribution in [2.45, 2.75) is 18.4 Å². The van der Waals surface area contributed by atoms with E-state index in [-0.39, 0.29) is 12.5 Å². The van der Waals surface area contributed by atoms with Crippen LogP contribution in [-0.4, -0.2) is 29.7 Å². The first-order chi connectivity index (χ1) is 11.1. The molecule has 0 aromatic heterocycles. The summed E-state index contributed by atoms with van der Waals surface area (Å²) < 4.78 is 5.28. The second-order valence-electron chi connectivity index (χ2n) is 5.56. The number of carboxylic acid groups (broad SMARTS) is 1. The Kier molecular flexibility index (Phi) is 4.12. The highest BCUT2D eigenvalue weighted by molar-refractivity contribution is 5.82. The van der Waals surface area contributed by atoms with Gasteiger partial charge in [-0.05, 0) is 22.3 Å². The molecule has 0 amide bonds. The minimum Gasteiger partial charge on any atom is -0.481 e. The van der Waals surface area contributed by atoms with Crippen LogP contribution in [0, 0.1) is 0 Å². The Bertz CT molecular complexity index is 711. The normalized spacial score (nSPS) is 14.0. The quantitative estimate of drug-likeness (QED) is 0.826. The van der Waals surface area contributed by atoms with Gasteiger partial charge in [-0.15, -0.1) is 0 Å². The molecule has 0 heterocycles. The van der Waals surface area contributed by atoms with E-state index in [1.807, 2.05) is 48.5 Å². The maximum absolute atomic E-state index is 11.8. The molecule has 1 aliphatic carbocycles. The van der Waals surface area contributed by atoms with E-state index < -0.39 is 24.4 Å². The number of benzene rings is 2. The molecule has 5 nitrogen and oxygen atoms in total. The molecule has 118 valence electrons. The number of hydrogen-bond acceptors (Lipinski definition) is 4. The van der Waals surface area contributed by atoms with Crippen LogP contribution in [0.15, 0.2) is 48.5 Å². The second-order valence-corrected chi connectivity index (χ2v) is 5.56. The molecule has 0 saturated heterocycles. The zero-order valence-corrected chi connectivity index (χ0v) is 12.4. The number of carboxylic acids is 1. The van der Waals surface area contributed by atoms with Crippen LogP contribution in [0.3, 0.4) is 0 Å². The summed E-state index contributed by atoms with van der Waals surface area (Å²) in [5.74, 6) is -1.86. The van der Waals surface area contributed by atoms with Crippen LogP contribution in [0.25, 0.3) is 11.1 Å². The van der Waals surface area contributed by atoms with Gasteiger partial charge in [0.25, 0.3) is 0 Å². The van der Waals surface area contributed by atoms with Crippen molar-refractivity contribution in [3.8, 4) is 11.1 Å². The third-order valence-electron chi connectivity index (χ3n) is 4.05. The van der Waals surface area contributed by atoms with E-state index >= 15 is 0 Å². The number of carbonyl (C=O) groups is 2. The van der Waals surface area contributed by atoms with E-state index in [1.54, 1.807) is 0 Å². The molecule has 5 heteroatoms. The summed E-state index contributed by atoms with van der Waals surface area (Å²) in [6.07, 6.45) is -0.434. The fourth-order valence-corrected chi connectivity index (χ4v) is 2.98. The second kappa shape index (κ2) is 6.22. The van der Waals surface area contributed by atoms with E-state index in [4.69, 9.17) is 15.6 Å². The Hall–Kier alpha value is -2.66. The summed E-state index contributed by atoms with van der Waals surface area (Å²) >= 11 is 0. The first kappa shape index (κ1) is 15.2. The van der Waals surface area contributed by atoms with Crippen LogP contribution in [0.5, 0.6) is 0 Å². The Morgan fingerprint density at radius 2 is 1.57 bits per heavy atom. The Labute approximate surface area is 133 Å². The maximum atomic E-state index is 11.8. The maximum Gasteiger partial charge on any atom is 0.323 e. The molecule has 2 aromatic rings. The van der Waals surface area contributed by atoms with Crippen LogP contribution in [0.4, 0.5) is 0 Å². The van der Waals surface area contributed by atoms with Gasteiger partial charge in [0.15, 0.2) is 0 Å². The predicted molar refractivity (Wildman–Crippen MR) is 84.9 cm³/mol. The first-order valence-corrected chi connectivity index (χ1v) is 7.40. The average molecular weight is 311 g/mol. The molecule has 3 rings (SSSR count). The SMILES string of the molecule is N[C@H](CC(=O)O)C(=O)OCC1c2ccccc2-c2ccccc21. The summed E-state index contributed by atoms with van der Waals surface area (Å²) in [5.41, 5.74) is 10.0. The van der Waals surface area contributed by atoms with Gasteiger partial charge in [0, 0.05) is 5.92 Å². The summed E-state index contributed by atoms with van der Waals surface area (Å²) in [5, 5.41) is 8.69. The van der Waals surface area contributed by atoms with Gasteiger partial charge >= 0.3 is 11.9 Å². The average Bonchev–Trinajstić information content (AvgIpc) is 2.86. The van der Waals surface area contributed by atoms with Gasteiger partial charge in [-0.3, -0.25) is 9.59 Å². The highest BCUT2D eigenvalue weighted by atomic mass is 16.5. The van der Waals surface area contributed by atoms with Crippen molar-refractivity contribution >= 4 is 11.9 Å². The van der Waals surface area contributed by atoms with Crippen LogP contribution >= 0.6 is 0 Å². The molecule has 0 spiro atoms. The predicted octanol–water partition coefficient (Wildman–Crippen LogP) is 2.14. The summed E-state index contributed by atoms with van der Waals surface area (Å²) in [6, 6.07) is 14.9. The number of hydrogen-bond donors (Lipinski definition) is 2. The van der Waals surface area contributed by atoms with E-state index in [0.717, 1.165) is 22.3 Å². The minimum absolute atomic E-state index is 0.0524. The molecule has 0 saturated carbocycles. The van der Waals surface area contributed by atoms with Gasteiger partial charge in [0.1, 0.15) is 12.6 Å². The molecule has 0 bridgehead atoms. The van der Waals surface area contributed by atoms with Crippen LogP contribution in [0.1, 0.15) is 23.5 Å². The number of carbonyl (C=O) groups excluding carboxylic acids is 1. The molecule has 0 aliphatic heterocycles. The number of fused-ring (bicyclic) bond motifs is 3. The fraction of sp³-hybridized carbons (Fsp3) is 0.222. The molecule has 0 unspecified atom stereocenters. The molecule has 23 heavy (non-hydrogen) atoms. The van der Waals surface area contributed by atoms with E-state index in [1.165, 1.54) is 0 Å². The fourth-order valence-electron chi connectivity index (χ4n) is 2.98. The molecular weight excluding hydrogens is 294 g/mol. The smallest absolute Gasteiger partial charge is 0.323 e. The molecule has 1 atom stereocenters. The minimum atomic E-state index is -1.14. The van der Waals surface area contributed by atoms with Gasteiger partial charge in [-0.1, -0.05) is 48.5 Å². The standard InChI is InChI=1S/C18H17NO4/c19-16(9-17(20)21)18(22)23-10-15-13-7-3-1-5-11(13)12-6-2-4-8-14(12)15/h1-8,15-16H,9-10,19H2,(H,20,21)/t16-/m1/s1. The van der Waals surface area contributed by atoms with Gasteiger partial charge in [0.05, 0.1) is 6.42 Å². The van der Waals surface area contributed by atoms with E-state index in [9.17, 15) is 9.59 Å². The van der Waals surface area contributed by atoms with Crippen LogP contribution in [0.2, 0.25) is 0 Å². The van der Waals surface area contributed by atoms with Crippen LogP contribution < -0.4 is 5.73 Å². The number of esters is 1. The molecule has 3 N–H and O–H groups in total. The van der Waals surface area contributed by atoms with E-state index in [2.05, 4.69) is 0 Å². The molecule has 0 fully saturated rings. The summed E-state index contributed by atoms with van der Waals surface area (Å²) in [4.78, 5) is 22.5. The Balaban J connectivity index is 1.78. The van der Waals surface area contributed by atoms with Gasteiger partial charge in [0.2, 0.25) is 0 Å². The number of nitrogens with two attached hydrogens (primary N) is 1. The third-order valence-corrected chi connectivity index (χ3v) is 4.05. The zero-order valence-electron chi connectivity index (χ0n) is 12.4. The van der Waals surface area contributed by atoms with Crippen LogP contribution in [-0.2, 0) is 14.3 Å². The Morgan fingerprint density at radius 3 is 2.09 bits per heavy atom. The lowest BCUT2D eigenvalue weighted by atomic mass is 9.98.